The highest BCUT2D eigenvalue weighted by Gasteiger charge is 2.27. The van der Waals surface area contributed by atoms with E-state index in [4.69, 9.17) is 4.42 Å². The lowest BCUT2D eigenvalue weighted by atomic mass is 10.1. The van der Waals surface area contributed by atoms with E-state index in [-0.39, 0.29) is 23.3 Å². The topological polar surface area (TPSA) is 82.9 Å². The fourth-order valence-corrected chi connectivity index (χ4v) is 5.39. The SMILES string of the molecule is CCN(CC)C(CNCC(=O)c1ccc(S(=O)(=O)N2CCCC2)cc1)c1ccco1. The number of Topliss-reactive ketones (excluding diaryl/α,β-unsaturated/α-hetero) is 1. The van der Waals surface area contributed by atoms with Crippen LogP contribution in [0.25, 0.3) is 0 Å². The molecule has 3 rings (SSSR count). The quantitative estimate of drug-likeness (QED) is 0.549. The van der Waals surface area contributed by atoms with E-state index in [9.17, 15) is 13.2 Å². The Labute approximate surface area is 179 Å². The molecule has 0 spiro atoms. The molecule has 0 bridgehead atoms. The van der Waals surface area contributed by atoms with E-state index >= 15 is 0 Å². The zero-order chi connectivity index (χ0) is 21.6. The minimum atomic E-state index is -3.46. The molecule has 1 aromatic heterocycles. The van der Waals surface area contributed by atoms with Crippen LogP contribution in [0.4, 0.5) is 0 Å². The molecule has 1 aliphatic heterocycles. The van der Waals surface area contributed by atoms with Crippen molar-refractivity contribution in [3.8, 4) is 0 Å². The molecular weight excluding hydrogens is 402 g/mol. The van der Waals surface area contributed by atoms with Crippen molar-refractivity contribution in [2.45, 2.75) is 37.6 Å². The number of likely N-dealkylation sites (N-methyl/N-ethyl adjacent to an activating group) is 1. The maximum atomic E-state index is 12.6. The predicted octanol–water partition coefficient (Wildman–Crippen LogP) is 2.92. The minimum Gasteiger partial charge on any atom is -0.468 e. The van der Waals surface area contributed by atoms with Gasteiger partial charge in [-0.1, -0.05) is 26.0 Å². The number of nitrogens with one attached hydrogen (secondary N) is 1. The van der Waals surface area contributed by atoms with E-state index in [0.29, 0.717) is 25.2 Å². The first-order valence-corrected chi connectivity index (χ1v) is 12.0. The van der Waals surface area contributed by atoms with Crippen LogP contribution in [0.3, 0.4) is 0 Å². The monoisotopic (exact) mass is 433 g/mol. The van der Waals surface area contributed by atoms with Crippen molar-refractivity contribution in [2.75, 3.05) is 39.3 Å². The molecule has 0 amide bonds. The van der Waals surface area contributed by atoms with Crippen molar-refractivity contribution in [2.24, 2.45) is 0 Å². The summed E-state index contributed by atoms with van der Waals surface area (Å²) in [7, 11) is -3.46. The Hall–Kier alpha value is -2.00. The molecule has 0 saturated carbocycles. The number of carbonyl (C=O) groups excluding carboxylic acids is 1. The molecule has 0 aliphatic carbocycles. The largest absolute Gasteiger partial charge is 0.468 e. The number of rotatable bonds is 11. The van der Waals surface area contributed by atoms with Crippen LogP contribution >= 0.6 is 0 Å². The van der Waals surface area contributed by atoms with Crippen molar-refractivity contribution in [3.05, 3.63) is 54.0 Å². The summed E-state index contributed by atoms with van der Waals surface area (Å²) in [5.41, 5.74) is 0.500. The zero-order valence-electron chi connectivity index (χ0n) is 17.7. The molecule has 1 saturated heterocycles. The van der Waals surface area contributed by atoms with Gasteiger partial charge in [-0.25, -0.2) is 8.42 Å². The van der Waals surface area contributed by atoms with E-state index in [1.54, 1.807) is 18.4 Å². The predicted molar refractivity (Wildman–Crippen MR) is 116 cm³/mol. The summed E-state index contributed by atoms with van der Waals surface area (Å²) >= 11 is 0. The Bertz CT molecular complexity index is 900. The molecule has 1 fully saturated rings. The van der Waals surface area contributed by atoms with Gasteiger partial charge in [0.2, 0.25) is 10.0 Å². The first kappa shape index (κ1) is 22.7. The summed E-state index contributed by atoms with van der Waals surface area (Å²) in [4.78, 5) is 15.1. The van der Waals surface area contributed by atoms with E-state index in [1.165, 1.54) is 16.4 Å². The molecule has 1 atom stereocenters. The summed E-state index contributed by atoms with van der Waals surface area (Å²) in [5.74, 6) is 0.799. The molecule has 2 heterocycles. The van der Waals surface area contributed by atoms with Crippen molar-refractivity contribution >= 4 is 15.8 Å². The second-order valence-corrected chi connectivity index (χ2v) is 9.38. The molecule has 164 valence electrons. The van der Waals surface area contributed by atoms with Gasteiger partial charge < -0.3 is 9.73 Å². The number of hydrogen-bond donors (Lipinski definition) is 1. The Morgan fingerprint density at radius 3 is 2.37 bits per heavy atom. The maximum absolute atomic E-state index is 12.6. The molecule has 1 N–H and O–H groups in total. The van der Waals surface area contributed by atoms with Gasteiger partial charge in [0.15, 0.2) is 5.78 Å². The van der Waals surface area contributed by atoms with E-state index in [0.717, 1.165) is 31.7 Å². The molecule has 1 aromatic carbocycles. The second-order valence-electron chi connectivity index (χ2n) is 7.44. The van der Waals surface area contributed by atoms with Crippen molar-refractivity contribution in [1.29, 1.82) is 0 Å². The van der Waals surface area contributed by atoms with Crippen LogP contribution in [0.1, 0.15) is 48.8 Å². The van der Waals surface area contributed by atoms with Gasteiger partial charge in [0.05, 0.1) is 23.7 Å². The molecule has 0 radical (unpaired) electrons. The third-order valence-electron chi connectivity index (χ3n) is 5.63. The summed E-state index contributed by atoms with van der Waals surface area (Å²) in [6, 6.07) is 10.1. The van der Waals surface area contributed by atoms with Gasteiger partial charge in [0.1, 0.15) is 5.76 Å². The van der Waals surface area contributed by atoms with Gasteiger partial charge in [0, 0.05) is 25.2 Å². The number of furan rings is 1. The zero-order valence-corrected chi connectivity index (χ0v) is 18.5. The Kier molecular flexibility index (Phi) is 7.82. The fourth-order valence-electron chi connectivity index (χ4n) is 3.87. The summed E-state index contributed by atoms with van der Waals surface area (Å²) in [6.45, 7) is 7.85. The average molecular weight is 434 g/mol. The molecule has 1 unspecified atom stereocenters. The van der Waals surface area contributed by atoms with Crippen LogP contribution in [0.15, 0.2) is 52.0 Å². The van der Waals surface area contributed by atoms with E-state index < -0.39 is 10.0 Å². The average Bonchev–Trinajstić information content (AvgIpc) is 3.48. The lowest BCUT2D eigenvalue weighted by Gasteiger charge is -2.28. The van der Waals surface area contributed by atoms with Crippen LogP contribution in [-0.4, -0.2) is 62.7 Å². The van der Waals surface area contributed by atoms with Gasteiger partial charge in [0.25, 0.3) is 0 Å². The Morgan fingerprint density at radius 1 is 1.13 bits per heavy atom. The highest BCUT2D eigenvalue weighted by Crippen LogP contribution is 2.22. The fraction of sp³-hybridized carbons (Fsp3) is 0.500. The molecule has 2 aromatic rings. The van der Waals surface area contributed by atoms with E-state index in [1.807, 2.05) is 12.1 Å². The van der Waals surface area contributed by atoms with Gasteiger partial charge in [-0.05, 0) is 50.2 Å². The molecular formula is C22H31N3O4S. The summed E-state index contributed by atoms with van der Waals surface area (Å²) < 4.78 is 32.3. The standard InChI is InChI=1S/C22H31N3O4S/c1-3-24(4-2)20(22-8-7-15-29-22)16-23-17-21(26)18-9-11-19(12-10-18)30(27,28)25-13-5-6-14-25/h7-12,15,20,23H,3-6,13-14,16-17H2,1-2H3. The molecule has 7 nitrogen and oxygen atoms in total. The summed E-state index contributed by atoms with van der Waals surface area (Å²) in [6.07, 6.45) is 3.46. The van der Waals surface area contributed by atoms with Crippen LogP contribution in [0.2, 0.25) is 0 Å². The van der Waals surface area contributed by atoms with Gasteiger partial charge in [-0.15, -0.1) is 0 Å². The number of sulfonamides is 1. The van der Waals surface area contributed by atoms with Crippen molar-refractivity contribution in [1.82, 2.24) is 14.5 Å². The van der Waals surface area contributed by atoms with Crippen LogP contribution in [0.5, 0.6) is 0 Å². The normalized spacial score (nSPS) is 16.2. The third-order valence-corrected chi connectivity index (χ3v) is 7.54. The lowest BCUT2D eigenvalue weighted by Crippen LogP contribution is -2.37. The third kappa shape index (κ3) is 5.18. The smallest absolute Gasteiger partial charge is 0.243 e. The lowest BCUT2D eigenvalue weighted by molar-refractivity contribution is 0.0985. The highest BCUT2D eigenvalue weighted by atomic mass is 32.2. The summed E-state index contributed by atoms with van der Waals surface area (Å²) in [5, 5.41) is 3.23. The first-order chi connectivity index (χ1) is 14.5. The maximum Gasteiger partial charge on any atom is 0.243 e. The highest BCUT2D eigenvalue weighted by molar-refractivity contribution is 7.89. The molecule has 1 aliphatic rings. The molecule has 30 heavy (non-hydrogen) atoms. The van der Waals surface area contributed by atoms with Crippen molar-refractivity contribution in [3.63, 3.8) is 0 Å². The molecule has 8 heteroatoms. The Balaban J connectivity index is 1.59. The van der Waals surface area contributed by atoms with E-state index in [2.05, 4.69) is 24.1 Å². The van der Waals surface area contributed by atoms with Gasteiger partial charge in [-0.2, -0.15) is 4.31 Å². The number of ketones is 1. The van der Waals surface area contributed by atoms with Crippen molar-refractivity contribution < 1.29 is 17.6 Å². The van der Waals surface area contributed by atoms with Crippen LogP contribution in [-0.2, 0) is 10.0 Å². The minimum absolute atomic E-state index is 0.0516. The Morgan fingerprint density at radius 2 is 1.80 bits per heavy atom. The van der Waals surface area contributed by atoms with Gasteiger partial charge >= 0.3 is 0 Å². The second kappa shape index (κ2) is 10.3. The first-order valence-electron chi connectivity index (χ1n) is 10.6. The number of carbonyl (C=O) groups is 1. The van der Waals surface area contributed by atoms with Gasteiger partial charge in [-0.3, -0.25) is 9.69 Å². The van der Waals surface area contributed by atoms with Crippen LogP contribution < -0.4 is 5.32 Å². The van der Waals surface area contributed by atoms with Crippen LogP contribution in [0, 0.1) is 0 Å². The number of nitrogens with zero attached hydrogens (tertiary/aromatic N) is 2. The number of benzene rings is 1. The number of hydrogen-bond acceptors (Lipinski definition) is 6.